The Morgan fingerprint density at radius 2 is 2.05 bits per heavy atom. The number of piperazine rings is 1. The van der Waals surface area contributed by atoms with Gasteiger partial charge in [-0.3, -0.25) is 0 Å². The predicted octanol–water partition coefficient (Wildman–Crippen LogP) is 3.78. The lowest BCUT2D eigenvalue weighted by Gasteiger charge is -2.42. The minimum absolute atomic E-state index is 0.599. The number of benzene rings is 1. The van der Waals surface area contributed by atoms with Crippen molar-refractivity contribution in [2.24, 2.45) is 5.92 Å². The van der Waals surface area contributed by atoms with Crippen molar-refractivity contribution in [1.29, 1.82) is 0 Å². The third-order valence-electron chi connectivity index (χ3n) is 5.09. The summed E-state index contributed by atoms with van der Waals surface area (Å²) in [6, 6.07) is 8.21. The summed E-state index contributed by atoms with van der Waals surface area (Å²) in [6.45, 7) is 9.29. The number of aryl methyl sites for hydroxylation is 1. The SMILES string of the molecule is CC(C)CC1CN(c2cccc3c2CCCC3)C(C)CN1. The molecule has 0 spiro atoms. The maximum Gasteiger partial charge on any atom is 0.0404 e. The van der Waals surface area contributed by atoms with Crippen molar-refractivity contribution in [2.75, 3.05) is 18.0 Å². The third-order valence-corrected chi connectivity index (χ3v) is 5.09. The van der Waals surface area contributed by atoms with Crippen LogP contribution >= 0.6 is 0 Å². The van der Waals surface area contributed by atoms with E-state index in [0.29, 0.717) is 12.1 Å². The summed E-state index contributed by atoms with van der Waals surface area (Å²) < 4.78 is 0. The largest absolute Gasteiger partial charge is 0.366 e. The summed E-state index contributed by atoms with van der Waals surface area (Å²) in [7, 11) is 0. The molecule has 0 bridgehead atoms. The lowest BCUT2D eigenvalue weighted by molar-refractivity contribution is 0.355. The Morgan fingerprint density at radius 1 is 1.24 bits per heavy atom. The van der Waals surface area contributed by atoms with E-state index in [9.17, 15) is 0 Å². The van der Waals surface area contributed by atoms with Crippen LogP contribution in [0, 0.1) is 5.92 Å². The van der Waals surface area contributed by atoms with E-state index in [-0.39, 0.29) is 0 Å². The number of nitrogens with zero attached hydrogens (tertiary/aromatic N) is 1. The van der Waals surface area contributed by atoms with Gasteiger partial charge in [0.05, 0.1) is 0 Å². The number of nitrogens with one attached hydrogen (secondary N) is 1. The van der Waals surface area contributed by atoms with Crippen LogP contribution in [0.4, 0.5) is 5.69 Å². The van der Waals surface area contributed by atoms with E-state index in [1.165, 1.54) is 37.8 Å². The lowest BCUT2D eigenvalue weighted by Crippen LogP contribution is -2.56. The van der Waals surface area contributed by atoms with Gasteiger partial charge in [-0.25, -0.2) is 0 Å². The maximum atomic E-state index is 3.74. The molecular formula is C19H30N2. The molecule has 1 aliphatic carbocycles. The Kier molecular flexibility index (Phi) is 4.54. The van der Waals surface area contributed by atoms with Crippen LogP contribution in [0.2, 0.25) is 0 Å². The number of anilines is 1. The molecular weight excluding hydrogens is 256 g/mol. The van der Waals surface area contributed by atoms with Crippen molar-refractivity contribution < 1.29 is 0 Å². The molecule has 1 aliphatic heterocycles. The zero-order valence-corrected chi connectivity index (χ0v) is 13.9. The quantitative estimate of drug-likeness (QED) is 0.909. The van der Waals surface area contributed by atoms with E-state index in [0.717, 1.165) is 19.0 Å². The van der Waals surface area contributed by atoms with Crippen LogP contribution < -0.4 is 10.2 Å². The van der Waals surface area contributed by atoms with Gasteiger partial charge in [0.2, 0.25) is 0 Å². The highest BCUT2D eigenvalue weighted by Gasteiger charge is 2.27. The van der Waals surface area contributed by atoms with E-state index >= 15 is 0 Å². The molecule has 0 radical (unpaired) electrons. The van der Waals surface area contributed by atoms with Crippen LogP contribution in [0.1, 0.15) is 51.2 Å². The Hall–Kier alpha value is -1.02. The van der Waals surface area contributed by atoms with Crippen LogP contribution in [-0.4, -0.2) is 25.2 Å². The van der Waals surface area contributed by atoms with Crippen molar-refractivity contribution in [3.63, 3.8) is 0 Å². The summed E-state index contributed by atoms with van der Waals surface area (Å²) >= 11 is 0. The van der Waals surface area contributed by atoms with Gasteiger partial charge in [-0.15, -0.1) is 0 Å². The van der Waals surface area contributed by atoms with Crippen molar-refractivity contribution in [2.45, 2.75) is 65.0 Å². The van der Waals surface area contributed by atoms with Crippen LogP contribution in [0.3, 0.4) is 0 Å². The molecule has 2 nitrogen and oxygen atoms in total. The van der Waals surface area contributed by atoms with Crippen LogP contribution in [0.5, 0.6) is 0 Å². The van der Waals surface area contributed by atoms with Gasteiger partial charge >= 0.3 is 0 Å². The fourth-order valence-electron chi connectivity index (χ4n) is 4.02. The fraction of sp³-hybridized carbons (Fsp3) is 0.684. The first-order valence-corrected chi connectivity index (χ1v) is 8.76. The third kappa shape index (κ3) is 3.26. The lowest BCUT2D eigenvalue weighted by atomic mass is 9.89. The fourth-order valence-corrected chi connectivity index (χ4v) is 4.02. The minimum atomic E-state index is 0.599. The van der Waals surface area contributed by atoms with Gasteiger partial charge in [0.25, 0.3) is 0 Å². The van der Waals surface area contributed by atoms with Crippen molar-refractivity contribution in [3.8, 4) is 0 Å². The first-order chi connectivity index (χ1) is 10.1. The van der Waals surface area contributed by atoms with Gasteiger partial charge in [0, 0.05) is 30.9 Å². The van der Waals surface area contributed by atoms with Crippen molar-refractivity contribution in [1.82, 2.24) is 5.32 Å². The first kappa shape index (κ1) is 14.9. The molecule has 2 heteroatoms. The van der Waals surface area contributed by atoms with E-state index in [2.05, 4.69) is 49.2 Å². The van der Waals surface area contributed by atoms with Crippen molar-refractivity contribution >= 4 is 5.69 Å². The van der Waals surface area contributed by atoms with E-state index < -0.39 is 0 Å². The molecule has 2 unspecified atom stereocenters. The molecule has 0 amide bonds. The molecule has 1 fully saturated rings. The monoisotopic (exact) mass is 286 g/mol. The zero-order valence-electron chi connectivity index (χ0n) is 13.9. The second-order valence-corrected chi connectivity index (χ2v) is 7.36. The van der Waals surface area contributed by atoms with E-state index in [1.54, 1.807) is 11.1 Å². The Balaban J connectivity index is 1.84. The molecule has 116 valence electrons. The molecule has 0 aromatic heterocycles. The second kappa shape index (κ2) is 6.39. The Morgan fingerprint density at radius 3 is 2.86 bits per heavy atom. The average Bonchev–Trinajstić information content (AvgIpc) is 2.48. The molecule has 2 aliphatic rings. The number of hydrogen-bond donors (Lipinski definition) is 1. The topological polar surface area (TPSA) is 15.3 Å². The minimum Gasteiger partial charge on any atom is -0.366 e. The second-order valence-electron chi connectivity index (χ2n) is 7.36. The van der Waals surface area contributed by atoms with Gasteiger partial charge in [0.15, 0.2) is 0 Å². The van der Waals surface area contributed by atoms with Gasteiger partial charge in [-0.1, -0.05) is 26.0 Å². The number of hydrogen-bond acceptors (Lipinski definition) is 2. The van der Waals surface area contributed by atoms with Gasteiger partial charge in [0.1, 0.15) is 0 Å². The van der Waals surface area contributed by atoms with Gasteiger partial charge in [-0.2, -0.15) is 0 Å². The summed E-state index contributed by atoms with van der Waals surface area (Å²) in [5.74, 6) is 0.766. The molecule has 2 atom stereocenters. The molecule has 1 saturated heterocycles. The summed E-state index contributed by atoms with van der Waals surface area (Å²) in [5, 5.41) is 3.74. The number of rotatable bonds is 3. The molecule has 21 heavy (non-hydrogen) atoms. The van der Waals surface area contributed by atoms with Gasteiger partial charge < -0.3 is 10.2 Å². The van der Waals surface area contributed by atoms with E-state index in [4.69, 9.17) is 0 Å². The molecule has 0 saturated carbocycles. The smallest absolute Gasteiger partial charge is 0.0404 e. The summed E-state index contributed by atoms with van der Waals surface area (Å²) in [6.07, 6.45) is 6.55. The van der Waals surface area contributed by atoms with Crippen LogP contribution in [0.25, 0.3) is 0 Å². The normalized spacial score (nSPS) is 26.0. The average molecular weight is 286 g/mol. The van der Waals surface area contributed by atoms with Crippen LogP contribution in [0.15, 0.2) is 18.2 Å². The maximum absolute atomic E-state index is 3.74. The van der Waals surface area contributed by atoms with E-state index in [1.807, 2.05) is 0 Å². The predicted molar refractivity (Wildman–Crippen MR) is 91.1 cm³/mol. The van der Waals surface area contributed by atoms with Gasteiger partial charge in [-0.05, 0) is 62.1 Å². The zero-order chi connectivity index (χ0) is 14.8. The molecule has 3 rings (SSSR count). The Bertz CT molecular complexity index is 480. The standard InChI is InChI=1S/C19H30N2/c1-14(2)11-17-13-21(15(3)12-20-17)19-10-6-8-16-7-4-5-9-18(16)19/h6,8,10,14-15,17,20H,4-5,7,9,11-13H2,1-3H3. The molecule has 1 aromatic carbocycles. The summed E-state index contributed by atoms with van der Waals surface area (Å²) in [5.41, 5.74) is 4.76. The molecule has 1 aromatic rings. The summed E-state index contributed by atoms with van der Waals surface area (Å²) in [4.78, 5) is 2.67. The highest BCUT2D eigenvalue weighted by atomic mass is 15.2. The molecule has 1 heterocycles. The first-order valence-electron chi connectivity index (χ1n) is 8.76. The Labute approximate surface area is 129 Å². The highest BCUT2D eigenvalue weighted by Crippen LogP contribution is 2.32. The van der Waals surface area contributed by atoms with Crippen molar-refractivity contribution in [3.05, 3.63) is 29.3 Å². The molecule has 1 N–H and O–H groups in total. The van der Waals surface area contributed by atoms with Crippen LogP contribution in [-0.2, 0) is 12.8 Å². The number of fused-ring (bicyclic) bond motifs is 1. The highest BCUT2D eigenvalue weighted by molar-refractivity contribution is 5.58.